The number of fused-ring (bicyclic) bond motifs is 1. The Morgan fingerprint density at radius 1 is 1.12 bits per heavy atom. The van der Waals surface area contributed by atoms with E-state index in [9.17, 15) is 22.8 Å². The molecule has 0 spiro atoms. The Hall–Kier alpha value is -2.45. The molecule has 2 aromatic carbocycles. The third-order valence-corrected chi connectivity index (χ3v) is 7.28. The lowest BCUT2D eigenvalue weighted by Crippen LogP contribution is -2.43. The molecule has 3 nitrogen and oxygen atoms in total. The first-order valence-electron chi connectivity index (χ1n) is 11.1. The van der Waals surface area contributed by atoms with Crippen LogP contribution in [0.25, 0.3) is 0 Å². The minimum absolute atomic E-state index is 0.0630. The number of allylic oxidation sites excluding steroid dienone is 1. The summed E-state index contributed by atoms with van der Waals surface area (Å²) in [4.78, 5) is 28.0. The van der Waals surface area contributed by atoms with Gasteiger partial charge in [-0.25, -0.2) is 0 Å². The van der Waals surface area contributed by atoms with E-state index in [2.05, 4.69) is 6.58 Å². The highest BCUT2D eigenvalue weighted by Crippen LogP contribution is 2.37. The van der Waals surface area contributed by atoms with Crippen molar-refractivity contribution in [3.8, 4) is 0 Å². The number of halogens is 3. The van der Waals surface area contributed by atoms with E-state index in [1.807, 2.05) is 18.2 Å². The van der Waals surface area contributed by atoms with Crippen LogP contribution in [0, 0.1) is 0 Å². The third-order valence-electron chi connectivity index (χ3n) is 6.20. The number of hydrogen-bond acceptors (Lipinski definition) is 4. The maximum atomic E-state index is 12.9. The topological polar surface area (TPSA) is 37.4 Å². The molecule has 0 N–H and O–H groups in total. The number of thioether (sulfide) groups is 1. The molecule has 4 rings (SSSR count). The molecule has 1 aliphatic heterocycles. The van der Waals surface area contributed by atoms with Crippen LogP contribution in [0.1, 0.15) is 52.7 Å². The number of thiocarbonyl (C=S) groups is 1. The summed E-state index contributed by atoms with van der Waals surface area (Å²) in [7, 11) is 0. The van der Waals surface area contributed by atoms with Crippen LogP contribution in [0.3, 0.4) is 0 Å². The molecule has 8 heteroatoms. The van der Waals surface area contributed by atoms with Crippen LogP contribution in [0.2, 0.25) is 0 Å². The zero-order valence-electron chi connectivity index (χ0n) is 18.5. The number of Topliss-reactive ketones (excluding diaryl/α,β-unsaturated/α-hetero) is 1. The molecule has 1 heterocycles. The van der Waals surface area contributed by atoms with Crippen molar-refractivity contribution in [3.05, 3.63) is 76.9 Å². The molecular formula is C26H24F3NO2S2. The summed E-state index contributed by atoms with van der Waals surface area (Å²) < 4.78 is 37.4. The maximum Gasteiger partial charge on any atom is 0.446 e. The second-order valence-corrected chi connectivity index (χ2v) is 10.5. The summed E-state index contributed by atoms with van der Waals surface area (Å²) in [6, 6.07) is 11.7. The lowest BCUT2D eigenvalue weighted by Gasteiger charge is -2.30. The van der Waals surface area contributed by atoms with Gasteiger partial charge in [-0.3, -0.25) is 9.59 Å². The first kappa shape index (κ1) is 24.7. The zero-order chi connectivity index (χ0) is 24.5. The fraction of sp³-hybridized carbons (Fsp3) is 0.346. The van der Waals surface area contributed by atoms with Gasteiger partial charge in [0.05, 0.1) is 6.04 Å². The molecule has 1 fully saturated rings. The highest BCUT2D eigenvalue weighted by molar-refractivity contribution is 8.00. The molecule has 34 heavy (non-hydrogen) atoms. The molecule has 0 bridgehead atoms. The number of carbonyl (C=O) groups is 2. The number of rotatable bonds is 7. The number of amides is 1. The van der Waals surface area contributed by atoms with Crippen LogP contribution in [0.4, 0.5) is 13.2 Å². The summed E-state index contributed by atoms with van der Waals surface area (Å²) in [5, 5.41) is 0. The van der Waals surface area contributed by atoms with Gasteiger partial charge in [-0.2, -0.15) is 13.2 Å². The molecule has 2 aliphatic rings. The van der Waals surface area contributed by atoms with Crippen LogP contribution >= 0.6 is 24.0 Å². The Morgan fingerprint density at radius 3 is 2.50 bits per heavy atom. The Morgan fingerprint density at radius 2 is 1.82 bits per heavy atom. The number of aryl methyl sites for hydroxylation is 1. The van der Waals surface area contributed by atoms with Crippen LogP contribution in [-0.2, 0) is 24.2 Å². The molecular weight excluding hydrogens is 479 g/mol. The highest BCUT2D eigenvalue weighted by atomic mass is 32.2. The van der Waals surface area contributed by atoms with E-state index in [0.717, 1.165) is 33.5 Å². The molecule has 1 saturated carbocycles. The zero-order valence-corrected chi connectivity index (χ0v) is 20.1. The first-order valence-corrected chi connectivity index (χ1v) is 12.3. The summed E-state index contributed by atoms with van der Waals surface area (Å²) in [6.07, 6.45) is 3.64. The smallest absolute Gasteiger partial charge is 0.324 e. The van der Waals surface area contributed by atoms with Crippen molar-refractivity contribution >= 4 is 40.5 Å². The van der Waals surface area contributed by atoms with Crippen molar-refractivity contribution < 1.29 is 22.8 Å². The molecule has 0 radical (unpaired) electrons. The molecule has 1 unspecified atom stereocenters. The van der Waals surface area contributed by atoms with Crippen LogP contribution in [0.15, 0.2) is 59.5 Å². The Labute approximate surface area is 206 Å². The van der Waals surface area contributed by atoms with Crippen molar-refractivity contribution in [2.45, 2.75) is 61.5 Å². The standard InChI is InChI=1S/C26H24F3NO2S2/c1-16-2-11-23(24(31)12-16)30-15-19-13-17(6-10-22(19)25(30)32)3-7-20(33)14-18-4-8-21(9-5-18)34-26(27,28)29/h4-6,8-10,13,23H,1-3,7,11-12,14-15H2. The maximum absolute atomic E-state index is 12.9. The van der Waals surface area contributed by atoms with Gasteiger partial charge in [0.15, 0.2) is 5.78 Å². The lowest BCUT2D eigenvalue weighted by atomic mass is 9.90. The van der Waals surface area contributed by atoms with E-state index in [1.165, 1.54) is 12.1 Å². The van der Waals surface area contributed by atoms with E-state index < -0.39 is 5.51 Å². The van der Waals surface area contributed by atoms with Crippen LogP contribution < -0.4 is 0 Å². The first-order chi connectivity index (χ1) is 16.1. The summed E-state index contributed by atoms with van der Waals surface area (Å²) >= 11 is 5.38. The average molecular weight is 504 g/mol. The summed E-state index contributed by atoms with van der Waals surface area (Å²) in [5.41, 5.74) is 0.168. The average Bonchev–Trinajstić information content (AvgIpc) is 3.08. The van der Waals surface area contributed by atoms with Crippen molar-refractivity contribution in [3.63, 3.8) is 0 Å². The predicted octanol–water partition coefficient (Wildman–Crippen LogP) is 6.48. The summed E-state index contributed by atoms with van der Waals surface area (Å²) in [5.74, 6) is -0.0249. The third kappa shape index (κ3) is 5.96. The van der Waals surface area contributed by atoms with E-state index >= 15 is 0 Å². The van der Waals surface area contributed by atoms with Crippen LogP contribution in [0.5, 0.6) is 0 Å². The number of alkyl halides is 3. The fourth-order valence-corrected chi connectivity index (χ4v) is 5.30. The Bertz CT molecular complexity index is 1140. The Kier molecular flexibility index (Phi) is 7.28. The largest absolute Gasteiger partial charge is 0.446 e. The fourth-order valence-electron chi connectivity index (χ4n) is 4.50. The quantitative estimate of drug-likeness (QED) is 0.246. The van der Waals surface area contributed by atoms with Gasteiger partial charge in [-0.05, 0) is 77.2 Å². The van der Waals surface area contributed by atoms with Gasteiger partial charge in [0.2, 0.25) is 0 Å². The van der Waals surface area contributed by atoms with Gasteiger partial charge >= 0.3 is 5.51 Å². The van der Waals surface area contributed by atoms with Crippen molar-refractivity contribution in [1.82, 2.24) is 4.90 Å². The minimum atomic E-state index is -4.30. The van der Waals surface area contributed by atoms with Gasteiger partial charge in [0.1, 0.15) is 0 Å². The number of ketones is 1. The lowest BCUT2D eigenvalue weighted by molar-refractivity contribution is -0.124. The monoisotopic (exact) mass is 503 g/mol. The van der Waals surface area contributed by atoms with Gasteiger partial charge in [0.25, 0.3) is 5.91 Å². The molecule has 1 atom stereocenters. The second kappa shape index (κ2) is 10.0. The number of carbonyl (C=O) groups excluding carboxylic acids is 2. The molecule has 178 valence electrons. The van der Waals surface area contributed by atoms with Gasteiger partial charge < -0.3 is 4.90 Å². The van der Waals surface area contributed by atoms with Crippen LogP contribution in [-0.4, -0.2) is 33.0 Å². The van der Waals surface area contributed by atoms with Crippen molar-refractivity contribution in [2.24, 2.45) is 0 Å². The molecule has 0 aromatic heterocycles. The van der Waals surface area contributed by atoms with Gasteiger partial charge in [-0.1, -0.05) is 48.6 Å². The van der Waals surface area contributed by atoms with Gasteiger partial charge in [0, 0.05) is 29.8 Å². The number of hydrogen-bond donors (Lipinski definition) is 0. The van der Waals surface area contributed by atoms with E-state index in [4.69, 9.17) is 12.2 Å². The molecule has 0 saturated heterocycles. The Balaban J connectivity index is 1.32. The van der Waals surface area contributed by atoms with Gasteiger partial charge in [-0.15, -0.1) is 0 Å². The number of benzene rings is 2. The SMILES string of the molecule is C=C1CCC(N2Cc3cc(CCC(=S)Cc4ccc(SC(F)(F)F)cc4)ccc3C2=O)C(=O)C1. The van der Waals surface area contributed by atoms with E-state index in [-0.39, 0.29) is 34.4 Å². The van der Waals surface area contributed by atoms with Crippen molar-refractivity contribution in [1.29, 1.82) is 0 Å². The minimum Gasteiger partial charge on any atom is -0.324 e. The van der Waals surface area contributed by atoms with Crippen molar-refractivity contribution in [2.75, 3.05) is 0 Å². The number of nitrogens with zero attached hydrogens (tertiary/aromatic N) is 1. The molecule has 2 aromatic rings. The summed E-state index contributed by atoms with van der Waals surface area (Å²) in [6.45, 7) is 4.34. The normalized spacial score (nSPS) is 18.4. The second-order valence-electron chi connectivity index (χ2n) is 8.78. The molecule has 1 aliphatic carbocycles. The highest BCUT2D eigenvalue weighted by Gasteiger charge is 2.37. The van der Waals surface area contributed by atoms with E-state index in [0.29, 0.717) is 44.2 Å². The molecule has 1 amide bonds. The van der Waals surface area contributed by atoms with E-state index in [1.54, 1.807) is 17.0 Å². The predicted molar refractivity (Wildman–Crippen MR) is 131 cm³/mol.